The minimum absolute atomic E-state index is 0.0890. The van der Waals surface area contributed by atoms with Crippen LogP contribution in [0.5, 0.6) is 5.75 Å². The molecule has 172 valence electrons. The van der Waals surface area contributed by atoms with Crippen LogP contribution in [0, 0.1) is 0 Å². The van der Waals surface area contributed by atoms with Gasteiger partial charge in [0.15, 0.2) is 15.0 Å². The third-order valence-corrected chi connectivity index (χ3v) is 6.53. The van der Waals surface area contributed by atoms with Gasteiger partial charge in [0, 0.05) is 31.0 Å². The van der Waals surface area contributed by atoms with Crippen molar-refractivity contribution in [2.75, 3.05) is 38.3 Å². The molecule has 7 nitrogen and oxygen atoms in total. The molecule has 0 radical (unpaired) electrons. The van der Waals surface area contributed by atoms with Crippen LogP contribution in [-0.4, -0.2) is 64.0 Å². The van der Waals surface area contributed by atoms with Gasteiger partial charge in [-0.05, 0) is 50.5 Å². The Morgan fingerprint density at radius 1 is 1.09 bits per heavy atom. The first-order chi connectivity index (χ1) is 14.8. The van der Waals surface area contributed by atoms with Crippen LogP contribution in [0.2, 0.25) is 0 Å². The van der Waals surface area contributed by atoms with E-state index in [-0.39, 0.29) is 22.8 Å². The average molecular weight is 488 g/mol. The van der Waals surface area contributed by atoms with E-state index < -0.39 is 22.1 Å². The van der Waals surface area contributed by atoms with E-state index in [0.717, 1.165) is 23.7 Å². The summed E-state index contributed by atoms with van der Waals surface area (Å²) in [7, 11) is 0.264. The second-order valence-electron chi connectivity index (χ2n) is 7.23. The Hall–Kier alpha value is -2.70. The number of alkyl halides is 3. The predicted molar refractivity (Wildman–Crippen MR) is 116 cm³/mol. The molecule has 0 spiro atoms. The Kier molecular flexibility index (Phi) is 6.77. The number of benzene rings is 2. The molecule has 0 unspecified atom stereocenters. The molecule has 1 amide bonds. The number of hydrogen-bond acceptors (Lipinski definition) is 7. The first-order valence-corrected chi connectivity index (χ1v) is 12.0. The van der Waals surface area contributed by atoms with Gasteiger partial charge in [-0.15, -0.1) is 13.2 Å². The third-order valence-electron chi connectivity index (χ3n) is 4.36. The maximum atomic E-state index is 13.2. The molecule has 0 atom stereocenters. The highest BCUT2D eigenvalue weighted by molar-refractivity contribution is 7.90. The van der Waals surface area contributed by atoms with Crippen LogP contribution in [0.3, 0.4) is 0 Å². The molecule has 32 heavy (non-hydrogen) atoms. The fraction of sp³-hybridized carbons (Fsp3) is 0.300. The van der Waals surface area contributed by atoms with Crippen molar-refractivity contribution in [3.63, 3.8) is 0 Å². The number of nitrogens with zero attached hydrogens (tertiary/aromatic N) is 3. The molecule has 0 bridgehead atoms. The summed E-state index contributed by atoms with van der Waals surface area (Å²) in [5.74, 6) is -0.777. The molecule has 0 saturated heterocycles. The summed E-state index contributed by atoms with van der Waals surface area (Å²) >= 11 is 1.06. The molecule has 12 heteroatoms. The van der Waals surface area contributed by atoms with E-state index in [1.165, 1.54) is 41.3 Å². The molecule has 0 saturated carbocycles. The molecule has 0 aliphatic carbocycles. The largest absolute Gasteiger partial charge is 0.573 e. The fourth-order valence-electron chi connectivity index (χ4n) is 2.79. The minimum Gasteiger partial charge on any atom is -0.406 e. The second-order valence-corrected chi connectivity index (χ2v) is 10.3. The van der Waals surface area contributed by atoms with Gasteiger partial charge >= 0.3 is 6.36 Å². The Bertz CT molecular complexity index is 1220. The number of rotatable bonds is 7. The van der Waals surface area contributed by atoms with Crippen molar-refractivity contribution in [3.05, 3.63) is 48.0 Å². The number of hydrogen-bond donors (Lipinski definition) is 0. The number of carbonyl (C=O) groups is 1. The molecular weight excluding hydrogens is 467 g/mol. The normalized spacial score (nSPS) is 12.3. The topological polar surface area (TPSA) is 79.8 Å². The lowest BCUT2D eigenvalue weighted by atomic mass is 10.2. The van der Waals surface area contributed by atoms with Gasteiger partial charge in [-0.3, -0.25) is 9.69 Å². The lowest BCUT2D eigenvalue weighted by molar-refractivity contribution is -0.274. The summed E-state index contributed by atoms with van der Waals surface area (Å²) in [5.41, 5.74) is 0.686. The van der Waals surface area contributed by atoms with Gasteiger partial charge in [-0.25, -0.2) is 13.4 Å². The monoisotopic (exact) mass is 487 g/mol. The van der Waals surface area contributed by atoms with Gasteiger partial charge in [0.25, 0.3) is 5.91 Å². The minimum atomic E-state index is -4.81. The summed E-state index contributed by atoms with van der Waals surface area (Å²) in [6.45, 7) is 0.775. The molecule has 1 aromatic heterocycles. The van der Waals surface area contributed by atoms with Gasteiger partial charge in [0.05, 0.1) is 15.1 Å². The Morgan fingerprint density at radius 2 is 1.75 bits per heavy atom. The third kappa shape index (κ3) is 5.96. The molecule has 2 aromatic carbocycles. The van der Waals surface area contributed by atoms with Crippen LogP contribution in [0.1, 0.15) is 10.4 Å². The van der Waals surface area contributed by atoms with Crippen molar-refractivity contribution in [2.45, 2.75) is 11.3 Å². The fourth-order valence-corrected chi connectivity index (χ4v) is 4.44. The van der Waals surface area contributed by atoms with Crippen molar-refractivity contribution in [1.82, 2.24) is 9.88 Å². The Balaban J connectivity index is 1.95. The summed E-state index contributed by atoms with van der Waals surface area (Å²) < 4.78 is 65.3. The number of fused-ring (bicyclic) bond motifs is 1. The van der Waals surface area contributed by atoms with Gasteiger partial charge in [0.1, 0.15) is 5.75 Å². The standard InChI is InChI=1S/C20H20F3N3O4S2/c1-25(2)10-11-26(18(27)13-4-7-15(8-5-13)32(3,28)29)19-24-16-9-6-14(12-17(16)31-19)30-20(21,22)23/h4-9,12H,10-11H2,1-3H3. The van der Waals surface area contributed by atoms with Gasteiger partial charge in [-0.1, -0.05) is 11.3 Å². The highest BCUT2D eigenvalue weighted by atomic mass is 32.2. The quantitative estimate of drug-likeness (QED) is 0.504. The Labute approximate surface area is 187 Å². The smallest absolute Gasteiger partial charge is 0.406 e. The highest BCUT2D eigenvalue weighted by Crippen LogP contribution is 2.33. The molecule has 0 aliphatic heterocycles. The summed E-state index contributed by atoms with van der Waals surface area (Å²) in [5, 5.41) is 0.309. The number of carbonyl (C=O) groups excluding carboxylic acids is 1. The maximum Gasteiger partial charge on any atom is 0.573 e. The lowest BCUT2D eigenvalue weighted by Crippen LogP contribution is -2.36. The zero-order valence-electron chi connectivity index (χ0n) is 17.4. The number of thiazole rings is 1. The lowest BCUT2D eigenvalue weighted by Gasteiger charge is -2.22. The summed E-state index contributed by atoms with van der Waals surface area (Å²) in [4.78, 5) is 21.0. The Morgan fingerprint density at radius 3 is 2.31 bits per heavy atom. The van der Waals surface area contributed by atoms with Crippen LogP contribution in [0.4, 0.5) is 18.3 Å². The van der Waals surface area contributed by atoms with Crippen LogP contribution >= 0.6 is 11.3 Å². The SMILES string of the molecule is CN(C)CCN(C(=O)c1ccc(S(C)(=O)=O)cc1)c1nc2ccc(OC(F)(F)F)cc2s1. The number of likely N-dealkylation sites (N-methyl/N-ethyl adjacent to an activating group) is 1. The van der Waals surface area contributed by atoms with E-state index in [0.29, 0.717) is 21.9 Å². The van der Waals surface area contributed by atoms with Crippen LogP contribution in [-0.2, 0) is 9.84 Å². The van der Waals surface area contributed by atoms with E-state index in [1.807, 2.05) is 19.0 Å². The molecule has 3 rings (SSSR count). The van der Waals surface area contributed by atoms with Gasteiger partial charge in [0.2, 0.25) is 0 Å². The maximum absolute atomic E-state index is 13.2. The van der Waals surface area contributed by atoms with Gasteiger partial charge < -0.3 is 9.64 Å². The molecule has 3 aromatic rings. The van der Waals surface area contributed by atoms with Crippen molar-refractivity contribution < 1.29 is 31.1 Å². The zero-order chi connectivity index (χ0) is 23.7. The predicted octanol–water partition coefficient (Wildman–Crippen LogP) is 3.81. The summed E-state index contributed by atoms with van der Waals surface area (Å²) in [6.07, 6.45) is -3.74. The summed E-state index contributed by atoms with van der Waals surface area (Å²) in [6, 6.07) is 9.33. The number of amides is 1. The molecular formula is C20H20F3N3O4S2. The van der Waals surface area contributed by atoms with E-state index in [9.17, 15) is 26.4 Å². The van der Waals surface area contributed by atoms with Crippen LogP contribution in [0.15, 0.2) is 47.4 Å². The van der Waals surface area contributed by atoms with Gasteiger partial charge in [-0.2, -0.15) is 0 Å². The average Bonchev–Trinajstić information content (AvgIpc) is 3.08. The van der Waals surface area contributed by atoms with E-state index in [2.05, 4.69) is 9.72 Å². The number of aromatic nitrogens is 1. The number of sulfone groups is 1. The van der Waals surface area contributed by atoms with Crippen molar-refractivity contribution in [2.24, 2.45) is 0 Å². The van der Waals surface area contributed by atoms with Crippen LogP contribution in [0.25, 0.3) is 10.2 Å². The van der Waals surface area contributed by atoms with E-state index >= 15 is 0 Å². The van der Waals surface area contributed by atoms with E-state index in [4.69, 9.17) is 0 Å². The van der Waals surface area contributed by atoms with Crippen molar-refractivity contribution in [3.8, 4) is 5.75 Å². The first-order valence-electron chi connectivity index (χ1n) is 9.26. The van der Waals surface area contributed by atoms with Crippen molar-refractivity contribution >= 4 is 42.4 Å². The number of halogens is 3. The number of ether oxygens (including phenoxy) is 1. The van der Waals surface area contributed by atoms with Crippen LogP contribution < -0.4 is 9.64 Å². The van der Waals surface area contributed by atoms with Crippen molar-refractivity contribution in [1.29, 1.82) is 0 Å². The molecule has 1 heterocycles. The highest BCUT2D eigenvalue weighted by Gasteiger charge is 2.31. The number of anilines is 1. The zero-order valence-corrected chi connectivity index (χ0v) is 19.0. The van der Waals surface area contributed by atoms with E-state index in [1.54, 1.807) is 0 Å². The first kappa shape index (κ1) is 24.0. The molecule has 0 aliphatic rings. The second kappa shape index (κ2) is 9.04. The molecule has 0 N–H and O–H groups in total. The molecule has 0 fully saturated rings.